The van der Waals surface area contributed by atoms with Crippen LogP contribution in [0.15, 0.2) is 34.9 Å². The molecule has 0 N–H and O–H groups in total. The highest BCUT2D eigenvalue weighted by Crippen LogP contribution is 2.38. The first kappa shape index (κ1) is 10.7. The Morgan fingerprint density at radius 3 is 2.73 bits per heavy atom. The standard InChI is InChI=1S/C14H20O/c1-14(2,15-3)13-10-6-8-11-7-4-5-9-12(11)13/h4,7,10H,5-6,8-9H2,1-3H3. The van der Waals surface area contributed by atoms with Gasteiger partial charge < -0.3 is 4.74 Å². The van der Waals surface area contributed by atoms with E-state index in [-0.39, 0.29) is 5.60 Å². The first-order valence-electron chi connectivity index (χ1n) is 5.80. The van der Waals surface area contributed by atoms with Crippen molar-refractivity contribution in [3.63, 3.8) is 0 Å². The van der Waals surface area contributed by atoms with Crippen molar-refractivity contribution in [2.45, 2.75) is 45.1 Å². The van der Waals surface area contributed by atoms with E-state index >= 15 is 0 Å². The molecular weight excluding hydrogens is 184 g/mol. The number of allylic oxidation sites excluding steroid dienone is 4. The van der Waals surface area contributed by atoms with Gasteiger partial charge in [-0.3, -0.25) is 0 Å². The van der Waals surface area contributed by atoms with Crippen LogP contribution in [0.2, 0.25) is 0 Å². The second-order valence-corrected chi connectivity index (χ2v) is 4.82. The minimum absolute atomic E-state index is 0.133. The summed E-state index contributed by atoms with van der Waals surface area (Å²) in [7, 11) is 1.80. The van der Waals surface area contributed by atoms with E-state index in [0.717, 1.165) is 6.42 Å². The molecule has 0 saturated carbocycles. The topological polar surface area (TPSA) is 9.23 Å². The van der Waals surface area contributed by atoms with Crippen LogP contribution in [0, 0.1) is 0 Å². The quantitative estimate of drug-likeness (QED) is 0.665. The predicted octanol–water partition coefficient (Wildman–Crippen LogP) is 3.78. The van der Waals surface area contributed by atoms with Crippen LogP contribution in [0.25, 0.3) is 0 Å². The molecule has 0 fully saturated rings. The molecule has 0 spiro atoms. The highest BCUT2D eigenvalue weighted by Gasteiger charge is 2.28. The molecule has 1 heteroatoms. The maximum atomic E-state index is 5.60. The molecule has 15 heavy (non-hydrogen) atoms. The Morgan fingerprint density at radius 2 is 2.00 bits per heavy atom. The van der Waals surface area contributed by atoms with Crippen LogP contribution in [0.3, 0.4) is 0 Å². The molecule has 0 unspecified atom stereocenters. The van der Waals surface area contributed by atoms with E-state index in [0.29, 0.717) is 0 Å². The smallest absolute Gasteiger partial charge is 0.0871 e. The number of hydrogen-bond acceptors (Lipinski definition) is 1. The Hall–Kier alpha value is -0.820. The Bertz CT molecular complexity index is 342. The maximum absolute atomic E-state index is 5.60. The van der Waals surface area contributed by atoms with Gasteiger partial charge in [-0.05, 0) is 56.3 Å². The third kappa shape index (κ3) is 1.93. The van der Waals surface area contributed by atoms with Crippen LogP contribution in [-0.4, -0.2) is 12.7 Å². The van der Waals surface area contributed by atoms with E-state index in [2.05, 4.69) is 32.1 Å². The van der Waals surface area contributed by atoms with Crippen molar-refractivity contribution in [1.29, 1.82) is 0 Å². The summed E-state index contributed by atoms with van der Waals surface area (Å²) in [6.45, 7) is 4.32. The van der Waals surface area contributed by atoms with Crippen molar-refractivity contribution >= 4 is 0 Å². The van der Waals surface area contributed by atoms with Gasteiger partial charge in [-0.25, -0.2) is 0 Å². The summed E-state index contributed by atoms with van der Waals surface area (Å²) in [5.74, 6) is 0. The lowest BCUT2D eigenvalue weighted by molar-refractivity contribution is 0.0559. The van der Waals surface area contributed by atoms with Gasteiger partial charge in [0.15, 0.2) is 0 Å². The summed E-state index contributed by atoms with van der Waals surface area (Å²) in [5.41, 5.74) is 4.35. The molecule has 0 aliphatic heterocycles. The summed E-state index contributed by atoms with van der Waals surface area (Å²) in [6, 6.07) is 0. The van der Waals surface area contributed by atoms with Crippen LogP contribution in [0.5, 0.6) is 0 Å². The first-order valence-corrected chi connectivity index (χ1v) is 5.80. The first-order chi connectivity index (χ1) is 7.15. The second kappa shape index (κ2) is 3.97. The monoisotopic (exact) mass is 204 g/mol. The van der Waals surface area contributed by atoms with Crippen LogP contribution >= 0.6 is 0 Å². The molecular formula is C14H20O. The third-order valence-electron chi connectivity index (χ3n) is 3.51. The third-order valence-corrected chi connectivity index (χ3v) is 3.51. The number of methoxy groups -OCH3 is 1. The lowest BCUT2D eigenvalue weighted by atomic mass is 9.78. The van der Waals surface area contributed by atoms with Gasteiger partial charge in [-0.1, -0.05) is 18.2 Å². The molecule has 1 nitrogen and oxygen atoms in total. The lowest BCUT2D eigenvalue weighted by Crippen LogP contribution is -2.28. The van der Waals surface area contributed by atoms with Crippen LogP contribution < -0.4 is 0 Å². The van der Waals surface area contributed by atoms with E-state index in [4.69, 9.17) is 4.74 Å². The summed E-state index contributed by atoms with van der Waals surface area (Å²) < 4.78 is 5.60. The lowest BCUT2D eigenvalue weighted by Gasteiger charge is -2.33. The van der Waals surface area contributed by atoms with Crippen molar-refractivity contribution < 1.29 is 4.74 Å². The summed E-state index contributed by atoms with van der Waals surface area (Å²) in [5, 5.41) is 0. The average molecular weight is 204 g/mol. The number of hydrogen-bond donors (Lipinski definition) is 0. The van der Waals surface area contributed by atoms with Crippen LogP contribution in [-0.2, 0) is 4.74 Å². The Balaban J connectivity index is 2.36. The fourth-order valence-corrected chi connectivity index (χ4v) is 2.47. The molecule has 0 bridgehead atoms. The zero-order valence-electron chi connectivity index (χ0n) is 9.97. The minimum Gasteiger partial charge on any atom is -0.374 e. The average Bonchev–Trinajstić information content (AvgIpc) is 2.28. The molecule has 2 aliphatic rings. The number of ether oxygens (including phenoxy) is 1. The largest absolute Gasteiger partial charge is 0.374 e. The molecule has 82 valence electrons. The normalized spacial score (nSPS) is 21.4. The fourth-order valence-electron chi connectivity index (χ4n) is 2.47. The van der Waals surface area contributed by atoms with Crippen LogP contribution in [0.1, 0.15) is 39.5 Å². The van der Waals surface area contributed by atoms with E-state index in [1.54, 1.807) is 7.11 Å². The van der Waals surface area contributed by atoms with Gasteiger partial charge in [-0.2, -0.15) is 0 Å². The molecule has 0 aromatic carbocycles. The van der Waals surface area contributed by atoms with E-state index in [1.807, 2.05) is 0 Å². The highest BCUT2D eigenvalue weighted by molar-refractivity contribution is 5.48. The van der Waals surface area contributed by atoms with Gasteiger partial charge in [0.05, 0.1) is 5.60 Å². The Morgan fingerprint density at radius 1 is 1.20 bits per heavy atom. The molecule has 2 aliphatic carbocycles. The van der Waals surface area contributed by atoms with Gasteiger partial charge >= 0.3 is 0 Å². The summed E-state index contributed by atoms with van der Waals surface area (Å²) >= 11 is 0. The fraction of sp³-hybridized carbons (Fsp3) is 0.571. The molecule has 2 rings (SSSR count). The highest BCUT2D eigenvalue weighted by atomic mass is 16.5. The van der Waals surface area contributed by atoms with E-state index < -0.39 is 0 Å². The molecule has 0 saturated heterocycles. The molecule has 0 radical (unpaired) electrons. The second-order valence-electron chi connectivity index (χ2n) is 4.82. The van der Waals surface area contributed by atoms with Gasteiger partial charge in [-0.15, -0.1) is 0 Å². The molecule has 0 atom stereocenters. The van der Waals surface area contributed by atoms with Crippen molar-refractivity contribution in [3.8, 4) is 0 Å². The maximum Gasteiger partial charge on any atom is 0.0871 e. The van der Waals surface area contributed by atoms with E-state index in [1.165, 1.54) is 36.0 Å². The van der Waals surface area contributed by atoms with Crippen LogP contribution in [0.4, 0.5) is 0 Å². The zero-order valence-corrected chi connectivity index (χ0v) is 9.97. The van der Waals surface area contributed by atoms with Gasteiger partial charge in [0.1, 0.15) is 0 Å². The SMILES string of the molecule is COC(C)(C)C1=CCCC2=C1CCC=C2. The van der Waals surface area contributed by atoms with Crippen molar-refractivity contribution in [2.24, 2.45) is 0 Å². The Labute approximate surface area is 92.5 Å². The zero-order chi connectivity index (χ0) is 10.9. The van der Waals surface area contributed by atoms with Crippen molar-refractivity contribution in [2.75, 3.05) is 7.11 Å². The minimum atomic E-state index is -0.133. The molecule has 0 aromatic rings. The summed E-state index contributed by atoms with van der Waals surface area (Å²) in [4.78, 5) is 0. The predicted molar refractivity (Wildman–Crippen MR) is 63.8 cm³/mol. The van der Waals surface area contributed by atoms with Gasteiger partial charge in [0, 0.05) is 7.11 Å². The molecule has 0 heterocycles. The Kier molecular flexibility index (Phi) is 2.83. The van der Waals surface area contributed by atoms with Crippen molar-refractivity contribution in [1.82, 2.24) is 0 Å². The van der Waals surface area contributed by atoms with Gasteiger partial charge in [0.2, 0.25) is 0 Å². The molecule has 0 amide bonds. The van der Waals surface area contributed by atoms with Gasteiger partial charge in [0.25, 0.3) is 0 Å². The van der Waals surface area contributed by atoms with Crippen molar-refractivity contribution in [3.05, 3.63) is 34.9 Å². The molecule has 0 aromatic heterocycles. The van der Waals surface area contributed by atoms with E-state index in [9.17, 15) is 0 Å². The number of rotatable bonds is 2. The summed E-state index contributed by atoms with van der Waals surface area (Å²) in [6.07, 6.45) is 11.7.